The molecule has 0 bridgehead atoms. The molecule has 0 fully saturated rings. The molecule has 6 heteroatoms. The summed E-state index contributed by atoms with van der Waals surface area (Å²) in [5, 5.41) is 24.7. The van der Waals surface area contributed by atoms with E-state index in [9.17, 15) is 15.3 Å². The van der Waals surface area contributed by atoms with Crippen molar-refractivity contribution in [3.63, 3.8) is 0 Å². The fourth-order valence-electron chi connectivity index (χ4n) is 3.45. The first-order valence-corrected chi connectivity index (χ1v) is 10.6. The van der Waals surface area contributed by atoms with Crippen molar-refractivity contribution in [1.82, 2.24) is 9.88 Å². The molecular formula is C25H18N4OS. The van der Waals surface area contributed by atoms with Crippen LogP contribution in [0, 0.1) is 22.7 Å². The van der Waals surface area contributed by atoms with Gasteiger partial charge in [-0.2, -0.15) is 10.5 Å². The largest absolute Gasteiger partial charge is 0.347 e. The van der Waals surface area contributed by atoms with Crippen molar-refractivity contribution in [3.8, 4) is 12.1 Å². The van der Waals surface area contributed by atoms with Crippen molar-refractivity contribution in [1.29, 1.82) is 10.5 Å². The van der Waals surface area contributed by atoms with E-state index in [4.69, 9.17) is 0 Å². The number of carbonyl (C=O) groups excluding carboxylic acids is 1. The van der Waals surface area contributed by atoms with E-state index in [0.29, 0.717) is 18.7 Å². The molecule has 0 radical (unpaired) electrons. The van der Waals surface area contributed by atoms with Crippen LogP contribution in [0.5, 0.6) is 0 Å². The Kier molecular flexibility index (Phi) is 5.93. The van der Waals surface area contributed by atoms with E-state index in [-0.39, 0.29) is 5.57 Å². The van der Waals surface area contributed by atoms with Gasteiger partial charge < -0.3 is 9.88 Å². The predicted molar refractivity (Wildman–Crippen MR) is 122 cm³/mol. The molecule has 150 valence electrons. The molecule has 4 aromatic rings. The first-order chi connectivity index (χ1) is 15.2. The van der Waals surface area contributed by atoms with Crippen LogP contribution in [0.2, 0.25) is 0 Å². The fourth-order valence-corrected chi connectivity index (χ4v) is 4.10. The Morgan fingerprint density at radius 3 is 2.65 bits per heavy atom. The van der Waals surface area contributed by atoms with E-state index in [0.717, 1.165) is 26.9 Å². The molecule has 0 aliphatic rings. The van der Waals surface area contributed by atoms with Crippen LogP contribution in [-0.2, 0) is 17.9 Å². The topological polar surface area (TPSA) is 81.6 Å². The minimum Gasteiger partial charge on any atom is -0.347 e. The quantitative estimate of drug-likeness (QED) is 0.356. The van der Waals surface area contributed by atoms with Gasteiger partial charge in [0.15, 0.2) is 0 Å². The number of hydrogen-bond acceptors (Lipinski definition) is 4. The third kappa shape index (κ3) is 4.40. The summed E-state index contributed by atoms with van der Waals surface area (Å²) in [6.07, 6.45) is 3.54. The smallest absolute Gasteiger partial charge is 0.262 e. The first-order valence-electron chi connectivity index (χ1n) is 9.68. The van der Waals surface area contributed by atoms with Gasteiger partial charge >= 0.3 is 0 Å². The van der Waals surface area contributed by atoms with Crippen LogP contribution in [-0.4, -0.2) is 10.5 Å². The third-order valence-electron chi connectivity index (χ3n) is 4.97. The predicted octanol–water partition coefficient (Wildman–Crippen LogP) is 4.85. The van der Waals surface area contributed by atoms with Gasteiger partial charge in [0.2, 0.25) is 0 Å². The zero-order chi connectivity index (χ0) is 21.6. The monoisotopic (exact) mass is 422 g/mol. The molecule has 0 unspecified atom stereocenters. The Labute approximate surface area is 184 Å². The van der Waals surface area contributed by atoms with Gasteiger partial charge in [0.1, 0.15) is 11.6 Å². The van der Waals surface area contributed by atoms with Gasteiger partial charge in [0.25, 0.3) is 5.91 Å². The molecule has 0 aliphatic carbocycles. The number of carbonyl (C=O) groups is 1. The lowest BCUT2D eigenvalue weighted by molar-refractivity contribution is -0.117. The maximum Gasteiger partial charge on any atom is 0.262 e. The summed E-state index contributed by atoms with van der Waals surface area (Å²) >= 11 is 1.55. The van der Waals surface area contributed by atoms with Crippen molar-refractivity contribution < 1.29 is 4.79 Å². The number of rotatable bonds is 6. The van der Waals surface area contributed by atoms with Gasteiger partial charge in [0, 0.05) is 34.1 Å². The summed E-state index contributed by atoms with van der Waals surface area (Å²) < 4.78 is 2.04. The number of nitrogens with one attached hydrogen (secondary N) is 1. The second kappa shape index (κ2) is 9.13. The Morgan fingerprint density at radius 1 is 1.06 bits per heavy atom. The summed E-state index contributed by atoms with van der Waals surface area (Å²) in [4.78, 5) is 13.6. The van der Waals surface area contributed by atoms with Crippen LogP contribution in [0.1, 0.15) is 21.6 Å². The van der Waals surface area contributed by atoms with E-state index in [1.807, 2.05) is 76.8 Å². The highest BCUT2D eigenvalue weighted by Gasteiger charge is 2.13. The number of thiophene rings is 1. The molecule has 2 aromatic heterocycles. The van der Waals surface area contributed by atoms with Crippen molar-refractivity contribution in [2.45, 2.75) is 13.1 Å². The second-order valence-corrected chi connectivity index (χ2v) is 7.96. The zero-order valence-corrected chi connectivity index (χ0v) is 17.4. The highest BCUT2D eigenvalue weighted by molar-refractivity contribution is 7.09. The van der Waals surface area contributed by atoms with E-state index < -0.39 is 5.91 Å². The second-order valence-electron chi connectivity index (χ2n) is 6.93. The third-order valence-corrected chi connectivity index (χ3v) is 5.84. The van der Waals surface area contributed by atoms with Crippen molar-refractivity contribution in [2.75, 3.05) is 0 Å². The number of benzene rings is 2. The van der Waals surface area contributed by atoms with Crippen LogP contribution >= 0.6 is 11.3 Å². The molecule has 0 aliphatic heterocycles. The lowest BCUT2D eigenvalue weighted by atomic mass is 10.1. The Hall–Kier alpha value is -4.13. The van der Waals surface area contributed by atoms with E-state index >= 15 is 0 Å². The highest BCUT2D eigenvalue weighted by atomic mass is 32.1. The normalized spacial score (nSPS) is 11.1. The number of aromatic nitrogens is 1. The number of hydrogen-bond donors (Lipinski definition) is 1. The van der Waals surface area contributed by atoms with Gasteiger partial charge in [-0.1, -0.05) is 42.5 Å². The molecule has 31 heavy (non-hydrogen) atoms. The van der Waals surface area contributed by atoms with Crippen molar-refractivity contribution in [3.05, 3.63) is 99.4 Å². The number of para-hydroxylation sites is 1. The molecular weight excluding hydrogens is 404 g/mol. The van der Waals surface area contributed by atoms with Gasteiger partial charge in [0.05, 0.1) is 18.2 Å². The molecule has 5 nitrogen and oxygen atoms in total. The number of nitriles is 2. The van der Waals surface area contributed by atoms with Gasteiger partial charge in [-0.05, 0) is 35.2 Å². The molecule has 4 rings (SSSR count). The van der Waals surface area contributed by atoms with Crippen LogP contribution in [0.3, 0.4) is 0 Å². The van der Waals surface area contributed by atoms with Crippen LogP contribution in [0.4, 0.5) is 0 Å². The lowest BCUT2D eigenvalue weighted by Gasteiger charge is -2.07. The SMILES string of the molecule is N#CC(=Cc1cn(Cc2ccccc2C#N)c2ccccc12)C(=O)NCc1cccs1. The number of amides is 1. The van der Waals surface area contributed by atoms with Crippen molar-refractivity contribution >= 4 is 34.2 Å². The molecule has 0 spiro atoms. The average Bonchev–Trinajstić information content (AvgIpc) is 3.45. The molecule has 0 saturated heterocycles. The van der Waals surface area contributed by atoms with Crippen LogP contribution < -0.4 is 5.32 Å². The molecule has 2 aromatic carbocycles. The first kappa shape index (κ1) is 20.2. The average molecular weight is 423 g/mol. The minimum absolute atomic E-state index is 0.0527. The number of fused-ring (bicyclic) bond motifs is 1. The fraction of sp³-hybridized carbons (Fsp3) is 0.0800. The Bertz CT molecular complexity index is 1350. The molecule has 1 N–H and O–H groups in total. The summed E-state index contributed by atoms with van der Waals surface area (Å²) in [6, 6.07) is 23.4. The summed E-state index contributed by atoms with van der Waals surface area (Å²) in [6.45, 7) is 0.909. The van der Waals surface area contributed by atoms with E-state index in [2.05, 4.69) is 11.4 Å². The summed E-state index contributed by atoms with van der Waals surface area (Å²) in [7, 11) is 0. The molecule has 2 heterocycles. The standard InChI is InChI=1S/C25H18N4OS/c26-13-18-6-1-2-7-19(18)16-29-17-21(23-9-3-4-10-24(23)29)12-20(14-27)25(30)28-15-22-8-5-11-31-22/h1-12,17H,15-16H2,(H,28,30). The van der Waals surface area contributed by atoms with Gasteiger partial charge in [-0.25, -0.2) is 0 Å². The summed E-state index contributed by atoms with van der Waals surface area (Å²) in [5.41, 5.74) is 3.35. The highest BCUT2D eigenvalue weighted by Crippen LogP contribution is 2.25. The van der Waals surface area contributed by atoms with Crippen molar-refractivity contribution in [2.24, 2.45) is 0 Å². The van der Waals surface area contributed by atoms with Gasteiger partial charge in [-0.3, -0.25) is 4.79 Å². The van der Waals surface area contributed by atoms with Crippen LogP contribution in [0.25, 0.3) is 17.0 Å². The van der Waals surface area contributed by atoms with E-state index in [1.54, 1.807) is 23.5 Å². The Balaban J connectivity index is 1.66. The van der Waals surface area contributed by atoms with Gasteiger partial charge in [-0.15, -0.1) is 11.3 Å². The molecule has 0 atom stereocenters. The summed E-state index contributed by atoms with van der Waals surface area (Å²) in [5.74, 6) is -0.400. The molecule has 0 saturated carbocycles. The number of nitrogens with zero attached hydrogens (tertiary/aromatic N) is 3. The maximum atomic E-state index is 12.6. The minimum atomic E-state index is -0.400. The maximum absolute atomic E-state index is 12.6. The van der Waals surface area contributed by atoms with E-state index in [1.165, 1.54) is 0 Å². The lowest BCUT2D eigenvalue weighted by Crippen LogP contribution is -2.23. The molecule has 1 amide bonds. The Morgan fingerprint density at radius 2 is 1.87 bits per heavy atom. The van der Waals surface area contributed by atoms with Crippen LogP contribution in [0.15, 0.2) is 77.8 Å². The zero-order valence-electron chi connectivity index (χ0n) is 16.6.